The first kappa shape index (κ1) is 34.2. The van der Waals surface area contributed by atoms with E-state index in [-0.39, 0.29) is 0 Å². The van der Waals surface area contributed by atoms with Gasteiger partial charge in [0, 0.05) is 16.5 Å². The zero-order chi connectivity index (χ0) is 41.6. The maximum absolute atomic E-state index is 7.20. The van der Waals surface area contributed by atoms with E-state index in [4.69, 9.17) is 8.83 Å². The van der Waals surface area contributed by atoms with E-state index in [0.29, 0.717) is 5.76 Å². The molecule has 2 heterocycles. The van der Waals surface area contributed by atoms with Gasteiger partial charge in [-0.25, -0.2) is 0 Å². The average molecular weight is 811 g/mol. The lowest BCUT2D eigenvalue weighted by molar-refractivity contribution is 0.543. The van der Waals surface area contributed by atoms with Crippen molar-refractivity contribution in [2.24, 2.45) is 0 Å². The molecule has 0 saturated carbocycles. The number of hydrogen-bond acceptors (Lipinski definition) is 2. The lowest BCUT2D eigenvalue weighted by Crippen LogP contribution is -1.93. The van der Waals surface area contributed by atoms with Crippen molar-refractivity contribution < 1.29 is 8.83 Å². The van der Waals surface area contributed by atoms with Crippen LogP contribution in [0, 0.1) is 0 Å². The first-order chi connectivity index (χ1) is 31.7. The van der Waals surface area contributed by atoms with Gasteiger partial charge in [-0.1, -0.05) is 164 Å². The monoisotopic (exact) mass is 810 g/mol. The van der Waals surface area contributed by atoms with Crippen LogP contribution in [-0.4, -0.2) is 0 Å². The van der Waals surface area contributed by atoms with Gasteiger partial charge >= 0.3 is 0 Å². The summed E-state index contributed by atoms with van der Waals surface area (Å²) in [6.07, 6.45) is 1.75. The Hall–Kier alpha value is -8.46. The van der Waals surface area contributed by atoms with Gasteiger partial charge in [-0.3, -0.25) is 0 Å². The molecule has 2 nitrogen and oxygen atoms in total. The number of benzene rings is 12. The molecule has 2 aromatic heterocycles. The number of hydrogen-bond donors (Lipinski definition) is 0. The average Bonchev–Trinajstić information content (AvgIpc) is 4.11. The third-order valence-electron chi connectivity index (χ3n) is 14.2. The molecule has 0 unspecified atom stereocenters. The molecular formula is C62H34O2. The Kier molecular flexibility index (Phi) is 6.71. The molecule has 1 aliphatic rings. The van der Waals surface area contributed by atoms with Crippen LogP contribution in [0.4, 0.5) is 0 Å². The largest absolute Gasteiger partial charge is 0.461 e. The first-order valence-electron chi connectivity index (χ1n) is 22.1. The van der Waals surface area contributed by atoms with Gasteiger partial charge in [-0.15, -0.1) is 0 Å². The highest BCUT2D eigenvalue weighted by molar-refractivity contribution is 6.30. The molecule has 64 heavy (non-hydrogen) atoms. The normalized spacial score (nSPS) is 12.4. The maximum atomic E-state index is 7.20. The van der Waals surface area contributed by atoms with E-state index in [1.165, 1.54) is 109 Å². The van der Waals surface area contributed by atoms with Crippen molar-refractivity contribution in [1.29, 1.82) is 0 Å². The molecule has 14 aromatic rings. The zero-order valence-electron chi connectivity index (χ0n) is 34.4. The minimum atomic E-state index is 0.698. The van der Waals surface area contributed by atoms with Crippen LogP contribution in [0.1, 0.15) is 0 Å². The summed E-state index contributed by atoms with van der Waals surface area (Å²) in [5.74, 6) is 1.42. The Balaban J connectivity index is 1.16. The Morgan fingerprint density at radius 1 is 0.266 bits per heavy atom. The third kappa shape index (κ3) is 4.53. The molecule has 294 valence electrons. The molecule has 12 aromatic carbocycles. The molecule has 0 aliphatic heterocycles. The number of fused-ring (bicyclic) bond motifs is 8. The quantitative estimate of drug-likeness (QED) is 0.131. The van der Waals surface area contributed by atoms with Crippen molar-refractivity contribution in [1.82, 2.24) is 0 Å². The molecule has 0 bridgehead atoms. The van der Waals surface area contributed by atoms with Crippen LogP contribution in [0.2, 0.25) is 0 Å². The van der Waals surface area contributed by atoms with E-state index < -0.39 is 0 Å². The third-order valence-corrected chi connectivity index (χ3v) is 14.2. The van der Waals surface area contributed by atoms with E-state index in [2.05, 4.69) is 188 Å². The molecule has 15 rings (SSSR count). The second kappa shape index (κ2) is 12.6. The summed E-state index contributed by atoms with van der Waals surface area (Å²) in [4.78, 5) is 0. The number of furan rings is 2. The van der Waals surface area contributed by atoms with E-state index in [0.717, 1.165) is 39.0 Å². The van der Waals surface area contributed by atoms with Crippen LogP contribution >= 0.6 is 0 Å². The molecule has 1 aliphatic carbocycles. The predicted octanol–water partition coefficient (Wildman–Crippen LogP) is 17.9. The van der Waals surface area contributed by atoms with Crippen molar-refractivity contribution in [3.8, 4) is 67.2 Å². The molecule has 0 N–H and O–H groups in total. The molecule has 0 fully saturated rings. The summed E-state index contributed by atoms with van der Waals surface area (Å²) in [6, 6.07) is 73.9. The maximum Gasteiger partial charge on any atom is 0.178 e. The van der Waals surface area contributed by atoms with Crippen LogP contribution < -0.4 is 0 Å². The van der Waals surface area contributed by atoms with Crippen molar-refractivity contribution >= 4 is 86.4 Å². The summed E-state index contributed by atoms with van der Waals surface area (Å²) in [5.41, 5.74) is 12.6. The van der Waals surface area contributed by atoms with Crippen molar-refractivity contribution in [3.05, 3.63) is 206 Å². The van der Waals surface area contributed by atoms with Gasteiger partial charge in [-0.2, -0.15) is 0 Å². The molecular weight excluding hydrogens is 777 g/mol. The van der Waals surface area contributed by atoms with Crippen LogP contribution in [0.3, 0.4) is 0 Å². The number of rotatable bonds is 4. The van der Waals surface area contributed by atoms with Gasteiger partial charge in [0.15, 0.2) is 11.5 Å². The summed E-state index contributed by atoms with van der Waals surface area (Å²) in [5, 5.41) is 18.5. The summed E-state index contributed by atoms with van der Waals surface area (Å²) in [6.45, 7) is 0. The summed E-state index contributed by atoms with van der Waals surface area (Å²) < 4.78 is 13.5. The van der Waals surface area contributed by atoms with Gasteiger partial charge in [0.25, 0.3) is 0 Å². The minimum Gasteiger partial charge on any atom is -0.461 e. The fourth-order valence-corrected chi connectivity index (χ4v) is 11.5. The Morgan fingerprint density at radius 3 is 1.61 bits per heavy atom. The second-order valence-electron chi connectivity index (χ2n) is 17.4. The second-order valence-corrected chi connectivity index (χ2v) is 17.4. The lowest BCUT2D eigenvalue weighted by Gasteiger charge is -2.20. The van der Waals surface area contributed by atoms with E-state index >= 15 is 0 Å². The van der Waals surface area contributed by atoms with Gasteiger partial charge in [0.05, 0.1) is 6.26 Å². The summed E-state index contributed by atoms with van der Waals surface area (Å²) in [7, 11) is 0. The standard InChI is InChI=1S/C62H34O2/c1-2-10-41-34-51-42(33-40(41)9-1)23-22-37-13-6-18-46(55(37)51)49-30-31-52-61(58(49)48-28-25-39-21-20-35-11-5-12-36-24-27-47(48)56(39)54(35)36)60(62(64-52)53-19-8-32-63-53)50-29-26-38-14-7-17-44-43-15-3-4-16-45(43)59(50)57(38)44/h1-34H. The van der Waals surface area contributed by atoms with Gasteiger partial charge in [0.2, 0.25) is 0 Å². The molecule has 0 saturated heterocycles. The Morgan fingerprint density at radius 2 is 0.828 bits per heavy atom. The van der Waals surface area contributed by atoms with Crippen LogP contribution in [-0.2, 0) is 0 Å². The smallest absolute Gasteiger partial charge is 0.178 e. The van der Waals surface area contributed by atoms with Gasteiger partial charge < -0.3 is 8.83 Å². The van der Waals surface area contributed by atoms with Crippen molar-refractivity contribution in [2.75, 3.05) is 0 Å². The molecule has 0 spiro atoms. The molecule has 0 amide bonds. The highest BCUT2D eigenvalue weighted by Gasteiger charge is 2.31. The summed E-state index contributed by atoms with van der Waals surface area (Å²) >= 11 is 0. The fraction of sp³-hybridized carbons (Fsp3) is 0. The van der Waals surface area contributed by atoms with Crippen molar-refractivity contribution in [2.45, 2.75) is 0 Å². The highest BCUT2D eigenvalue weighted by Crippen LogP contribution is 2.57. The fourth-order valence-electron chi connectivity index (χ4n) is 11.5. The van der Waals surface area contributed by atoms with E-state index in [1.807, 2.05) is 12.1 Å². The van der Waals surface area contributed by atoms with Gasteiger partial charge in [0.1, 0.15) is 5.58 Å². The van der Waals surface area contributed by atoms with Crippen molar-refractivity contribution in [3.63, 3.8) is 0 Å². The Bertz CT molecular complexity index is 4280. The van der Waals surface area contributed by atoms with Crippen LogP contribution in [0.5, 0.6) is 0 Å². The van der Waals surface area contributed by atoms with E-state index in [9.17, 15) is 0 Å². The first-order valence-corrected chi connectivity index (χ1v) is 22.1. The molecule has 2 heteroatoms. The van der Waals surface area contributed by atoms with Crippen LogP contribution in [0.15, 0.2) is 215 Å². The van der Waals surface area contributed by atoms with E-state index in [1.54, 1.807) is 6.26 Å². The SMILES string of the molecule is c1coc(-c2oc3ccc(-c4cccc5ccc6cc7ccccc7cc6c45)c(-c4ccc5ccc6cccc7ccc4c5c67)c3c2-c2ccc3cccc4c3c2-c2ccccc2-4)c1. The molecule has 0 radical (unpaired) electrons. The lowest BCUT2D eigenvalue weighted by atomic mass is 9.82. The predicted molar refractivity (Wildman–Crippen MR) is 268 cm³/mol. The molecule has 0 atom stereocenters. The topological polar surface area (TPSA) is 26.3 Å². The van der Waals surface area contributed by atoms with Crippen LogP contribution in [0.25, 0.3) is 154 Å². The van der Waals surface area contributed by atoms with Gasteiger partial charge in [-0.05, 0) is 156 Å². The highest BCUT2D eigenvalue weighted by atomic mass is 16.4. The minimum absolute atomic E-state index is 0.698. The zero-order valence-corrected chi connectivity index (χ0v) is 34.4. The Labute approximate surface area is 367 Å².